The zero-order valence-corrected chi connectivity index (χ0v) is 25.5. The number of Topliss-reactive ketones (excluding diaryl/α,β-unsaturated/α-hetero) is 1. The summed E-state index contributed by atoms with van der Waals surface area (Å²) in [7, 11) is 0. The Morgan fingerprint density at radius 1 is 0.744 bits per heavy atom. The first kappa shape index (κ1) is 31.1. The Labute approximate surface area is 244 Å². The lowest BCUT2D eigenvalue weighted by molar-refractivity contribution is -0.139. The van der Waals surface area contributed by atoms with Crippen molar-refractivity contribution in [2.24, 2.45) is 0 Å². The Morgan fingerprint density at radius 2 is 1.23 bits per heavy atom. The summed E-state index contributed by atoms with van der Waals surface area (Å²) in [6.45, 7) is 4.75. The van der Waals surface area contributed by atoms with Gasteiger partial charge in [0, 0.05) is 16.6 Å². The van der Waals surface area contributed by atoms with Gasteiger partial charge in [-0.05, 0) is 31.0 Å². The first-order chi connectivity index (χ1) is 18.9. The van der Waals surface area contributed by atoms with Crippen molar-refractivity contribution in [1.82, 2.24) is 4.90 Å². The summed E-state index contributed by atoms with van der Waals surface area (Å²) in [4.78, 5) is 28.0. The van der Waals surface area contributed by atoms with Crippen molar-refractivity contribution >= 4 is 33.4 Å². The van der Waals surface area contributed by atoms with Crippen LogP contribution in [0.5, 0.6) is 0 Å². The van der Waals surface area contributed by atoms with E-state index in [-0.39, 0.29) is 11.3 Å². The molecule has 1 amide bonds. The van der Waals surface area contributed by atoms with Gasteiger partial charge in [-0.1, -0.05) is 148 Å². The highest BCUT2D eigenvalue weighted by atomic mass is 79.9. The lowest BCUT2D eigenvalue weighted by Gasteiger charge is -2.25. The van der Waals surface area contributed by atoms with Crippen LogP contribution in [0.25, 0.3) is 5.76 Å². The zero-order chi connectivity index (χ0) is 28.0. The molecule has 39 heavy (non-hydrogen) atoms. The third-order valence-corrected chi connectivity index (χ3v) is 8.33. The molecular weight excluding hydrogens is 550 g/mol. The molecular formula is C34H46BrNO3. The number of aliphatic hydroxyl groups is 1. The maximum atomic E-state index is 13.2. The second-order valence-corrected chi connectivity index (χ2v) is 11.9. The molecule has 1 fully saturated rings. The van der Waals surface area contributed by atoms with Gasteiger partial charge in [0.15, 0.2) is 0 Å². The number of rotatable bonds is 17. The summed E-state index contributed by atoms with van der Waals surface area (Å²) in [5.74, 6) is -1.23. The highest BCUT2D eigenvalue weighted by molar-refractivity contribution is 9.10. The molecule has 3 rings (SSSR count). The summed E-state index contributed by atoms with van der Waals surface area (Å²) < 4.78 is 0.925. The number of amides is 1. The molecule has 1 heterocycles. The predicted molar refractivity (Wildman–Crippen MR) is 165 cm³/mol. The predicted octanol–water partition coefficient (Wildman–Crippen LogP) is 9.66. The van der Waals surface area contributed by atoms with Gasteiger partial charge in [-0.2, -0.15) is 0 Å². The first-order valence-corrected chi connectivity index (χ1v) is 15.8. The number of ketones is 1. The number of aliphatic hydroxyl groups excluding tert-OH is 1. The van der Waals surface area contributed by atoms with Gasteiger partial charge in [-0.25, -0.2) is 0 Å². The highest BCUT2D eigenvalue weighted by Crippen LogP contribution is 2.40. The number of unbranched alkanes of at least 4 members (excludes halogenated alkanes) is 13. The topological polar surface area (TPSA) is 57.6 Å². The number of carbonyl (C=O) groups excluding carboxylic acids is 2. The van der Waals surface area contributed by atoms with Crippen LogP contribution in [0.4, 0.5) is 0 Å². The molecule has 4 nitrogen and oxygen atoms in total. The molecule has 5 heteroatoms. The molecule has 1 aliphatic heterocycles. The molecule has 212 valence electrons. The molecule has 0 radical (unpaired) electrons. The van der Waals surface area contributed by atoms with E-state index in [2.05, 4.69) is 22.9 Å². The van der Waals surface area contributed by atoms with Gasteiger partial charge in [-0.3, -0.25) is 9.59 Å². The Morgan fingerprint density at radius 3 is 1.74 bits per heavy atom. The summed E-state index contributed by atoms with van der Waals surface area (Å²) in [5.41, 5.74) is 2.62. The van der Waals surface area contributed by atoms with Gasteiger partial charge < -0.3 is 10.0 Å². The standard InChI is InChI=1S/C34H46BrNO3/c1-3-4-5-6-7-8-9-10-11-12-13-14-15-16-25-36-31(27-21-23-29(35)24-22-27)30(33(38)34(36)39)32(37)28-19-17-26(2)18-20-28/h17-24,31,37H,3-16,25H2,1-2H3/t31-/m0/s1. The Kier molecular flexibility index (Phi) is 13.3. The van der Waals surface area contributed by atoms with Gasteiger partial charge in [-0.15, -0.1) is 0 Å². The minimum Gasteiger partial charge on any atom is -0.507 e. The molecule has 0 aromatic heterocycles. The number of aryl methyl sites for hydroxylation is 1. The van der Waals surface area contributed by atoms with Crippen molar-refractivity contribution in [3.05, 3.63) is 75.3 Å². The van der Waals surface area contributed by atoms with Gasteiger partial charge >= 0.3 is 0 Å². The quantitative estimate of drug-likeness (QED) is 0.0856. The summed E-state index contributed by atoms with van der Waals surface area (Å²) in [6.07, 6.45) is 17.8. The minimum absolute atomic E-state index is 0.107. The molecule has 0 saturated carbocycles. The van der Waals surface area contributed by atoms with E-state index in [1.807, 2.05) is 43.3 Å². The van der Waals surface area contributed by atoms with E-state index in [4.69, 9.17) is 0 Å². The third-order valence-electron chi connectivity index (χ3n) is 7.80. The van der Waals surface area contributed by atoms with E-state index >= 15 is 0 Å². The number of halogens is 1. The van der Waals surface area contributed by atoms with Crippen molar-refractivity contribution in [1.29, 1.82) is 0 Å². The average Bonchev–Trinajstić information content (AvgIpc) is 3.18. The average molecular weight is 597 g/mol. The van der Waals surface area contributed by atoms with Gasteiger partial charge in [0.2, 0.25) is 0 Å². The fourth-order valence-corrected chi connectivity index (χ4v) is 5.71. The number of benzene rings is 2. The van der Waals surface area contributed by atoms with Crippen molar-refractivity contribution in [2.45, 2.75) is 110 Å². The zero-order valence-electron chi connectivity index (χ0n) is 23.9. The molecule has 0 unspecified atom stereocenters. The molecule has 1 N–H and O–H groups in total. The van der Waals surface area contributed by atoms with Crippen LogP contribution in [-0.2, 0) is 9.59 Å². The third kappa shape index (κ3) is 9.34. The van der Waals surface area contributed by atoms with Crippen molar-refractivity contribution < 1.29 is 14.7 Å². The van der Waals surface area contributed by atoms with E-state index in [0.29, 0.717) is 12.1 Å². The Hall–Kier alpha value is -2.40. The summed E-state index contributed by atoms with van der Waals surface area (Å²) in [5, 5.41) is 11.2. The number of carbonyl (C=O) groups is 2. The molecule has 0 spiro atoms. The van der Waals surface area contributed by atoms with Crippen LogP contribution in [0.1, 0.15) is 120 Å². The largest absolute Gasteiger partial charge is 0.507 e. The number of hydrogen-bond acceptors (Lipinski definition) is 3. The summed E-state index contributed by atoms with van der Waals surface area (Å²) >= 11 is 3.47. The molecule has 2 aromatic rings. The lowest BCUT2D eigenvalue weighted by atomic mass is 9.95. The van der Waals surface area contributed by atoms with Crippen LogP contribution in [0.15, 0.2) is 58.6 Å². The van der Waals surface area contributed by atoms with Gasteiger partial charge in [0.25, 0.3) is 11.7 Å². The minimum atomic E-state index is -0.605. The van der Waals surface area contributed by atoms with Crippen LogP contribution in [0, 0.1) is 6.92 Å². The van der Waals surface area contributed by atoms with Crippen LogP contribution in [0.3, 0.4) is 0 Å². The normalized spacial score (nSPS) is 16.8. The highest BCUT2D eigenvalue weighted by Gasteiger charge is 2.45. The van der Waals surface area contributed by atoms with E-state index in [0.717, 1.165) is 34.9 Å². The Balaban J connectivity index is 1.52. The van der Waals surface area contributed by atoms with Crippen LogP contribution < -0.4 is 0 Å². The van der Waals surface area contributed by atoms with Crippen LogP contribution in [0.2, 0.25) is 0 Å². The van der Waals surface area contributed by atoms with E-state index in [1.54, 1.807) is 17.0 Å². The number of hydrogen-bond donors (Lipinski definition) is 1. The van der Waals surface area contributed by atoms with Crippen molar-refractivity contribution in [3.8, 4) is 0 Å². The van der Waals surface area contributed by atoms with Crippen molar-refractivity contribution in [2.75, 3.05) is 6.54 Å². The maximum absolute atomic E-state index is 13.2. The van der Waals surface area contributed by atoms with Gasteiger partial charge in [0.1, 0.15) is 5.76 Å². The smallest absolute Gasteiger partial charge is 0.295 e. The van der Waals surface area contributed by atoms with E-state index in [9.17, 15) is 14.7 Å². The van der Waals surface area contributed by atoms with Crippen molar-refractivity contribution in [3.63, 3.8) is 0 Å². The lowest BCUT2D eigenvalue weighted by Crippen LogP contribution is -2.30. The number of likely N-dealkylation sites (tertiary alicyclic amines) is 1. The van der Waals surface area contributed by atoms with Crippen LogP contribution in [-0.4, -0.2) is 28.2 Å². The molecule has 1 atom stereocenters. The van der Waals surface area contributed by atoms with E-state index in [1.165, 1.54) is 70.6 Å². The fourth-order valence-electron chi connectivity index (χ4n) is 5.45. The fraction of sp³-hybridized carbons (Fsp3) is 0.529. The first-order valence-electron chi connectivity index (χ1n) is 15.0. The van der Waals surface area contributed by atoms with Crippen LogP contribution >= 0.6 is 15.9 Å². The molecule has 0 bridgehead atoms. The molecule has 0 aliphatic carbocycles. The summed E-state index contributed by atoms with van der Waals surface area (Å²) in [6, 6.07) is 14.5. The molecule has 1 aliphatic rings. The maximum Gasteiger partial charge on any atom is 0.295 e. The second-order valence-electron chi connectivity index (χ2n) is 11.0. The Bertz CT molecular complexity index is 1070. The second kappa shape index (κ2) is 16.6. The molecule has 1 saturated heterocycles. The number of nitrogens with zero attached hydrogens (tertiary/aromatic N) is 1. The van der Waals surface area contributed by atoms with E-state index < -0.39 is 17.7 Å². The van der Waals surface area contributed by atoms with Gasteiger partial charge in [0.05, 0.1) is 11.6 Å². The SMILES string of the molecule is CCCCCCCCCCCCCCCCN1C(=O)C(=O)C(=C(O)c2ccc(C)cc2)[C@@H]1c1ccc(Br)cc1. The monoisotopic (exact) mass is 595 g/mol. The molecule has 2 aromatic carbocycles.